The average Bonchev–Trinajstić information content (AvgIpc) is 2.73. The summed E-state index contributed by atoms with van der Waals surface area (Å²) in [5, 5.41) is 14.7. The fourth-order valence-electron chi connectivity index (χ4n) is 4.10. The molecule has 2 bridgehead atoms. The summed E-state index contributed by atoms with van der Waals surface area (Å²) in [7, 11) is 0. The summed E-state index contributed by atoms with van der Waals surface area (Å²) in [6.45, 7) is 3.38. The quantitative estimate of drug-likeness (QED) is 0.720. The van der Waals surface area contributed by atoms with E-state index in [2.05, 4.69) is 10.6 Å². The molecule has 0 aromatic carbocycles. The highest BCUT2D eigenvalue weighted by atomic mass is 16.4. The molecule has 3 aliphatic rings. The van der Waals surface area contributed by atoms with E-state index in [1.807, 2.05) is 0 Å². The van der Waals surface area contributed by atoms with Gasteiger partial charge in [0.25, 0.3) is 0 Å². The van der Waals surface area contributed by atoms with E-state index >= 15 is 0 Å². The van der Waals surface area contributed by atoms with Gasteiger partial charge in [-0.05, 0) is 56.8 Å². The van der Waals surface area contributed by atoms with Crippen LogP contribution < -0.4 is 10.6 Å². The lowest BCUT2D eigenvalue weighted by Gasteiger charge is -2.20. The number of carboxylic acid groups (broad SMARTS) is 1. The van der Waals surface area contributed by atoms with Gasteiger partial charge in [0.15, 0.2) is 0 Å². The van der Waals surface area contributed by atoms with Crippen LogP contribution in [0.3, 0.4) is 0 Å². The predicted molar refractivity (Wildman–Crippen MR) is 69.6 cm³/mol. The molecule has 0 heterocycles. The zero-order valence-electron chi connectivity index (χ0n) is 11.5. The number of amides is 2. The van der Waals surface area contributed by atoms with Gasteiger partial charge < -0.3 is 15.7 Å². The van der Waals surface area contributed by atoms with E-state index in [0.717, 1.165) is 11.8 Å². The van der Waals surface area contributed by atoms with Gasteiger partial charge in [-0.15, -0.1) is 0 Å². The first-order chi connectivity index (χ1) is 8.90. The standard InChI is InChI=1S/C14H22N2O3/c1-14(2,12(17)18)6-15-13(19)16-11-9-7-3-4-8(5-7)10(9)11/h7-11H,3-6H2,1-2H3,(H,17,18)(H2,15,16,19). The molecule has 0 saturated heterocycles. The highest BCUT2D eigenvalue weighted by molar-refractivity contribution is 5.78. The van der Waals surface area contributed by atoms with Gasteiger partial charge in [-0.2, -0.15) is 0 Å². The van der Waals surface area contributed by atoms with Crippen LogP contribution in [0.15, 0.2) is 0 Å². The van der Waals surface area contributed by atoms with Crippen LogP contribution in [0, 0.1) is 29.1 Å². The maximum Gasteiger partial charge on any atom is 0.315 e. The Hall–Kier alpha value is -1.26. The number of urea groups is 1. The van der Waals surface area contributed by atoms with Crippen molar-refractivity contribution in [3.05, 3.63) is 0 Å². The Balaban J connectivity index is 1.45. The van der Waals surface area contributed by atoms with E-state index in [1.165, 1.54) is 19.3 Å². The number of hydrogen-bond donors (Lipinski definition) is 3. The van der Waals surface area contributed by atoms with Crippen molar-refractivity contribution in [2.24, 2.45) is 29.1 Å². The zero-order valence-corrected chi connectivity index (χ0v) is 11.5. The summed E-state index contributed by atoms with van der Waals surface area (Å²) in [4.78, 5) is 22.8. The van der Waals surface area contributed by atoms with Crippen LogP contribution in [0.25, 0.3) is 0 Å². The second-order valence-corrected chi connectivity index (χ2v) is 7.03. The molecule has 0 aliphatic heterocycles. The van der Waals surface area contributed by atoms with Crippen molar-refractivity contribution < 1.29 is 14.7 Å². The molecule has 3 saturated carbocycles. The molecular weight excluding hydrogens is 244 g/mol. The molecule has 4 atom stereocenters. The molecule has 0 aromatic rings. The first-order valence-corrected chi connectivity index (χ1v) is 7.18. The Bertz CT molecular complexity index is 405. The molecule has 2 amide bonds. The van der Waals surface area contributed by atoms with Crippen LogP contribution >= 0.6 is 0 Å². The fraction of sp³-hybridized carbons (Fsp3) is 0.857. The maximum atomic E-state index is 11.8. The van der Waals surface area contributed by atoms with Gasteiger partial charge in [-0.3, -0.25) is 4.79 Å². The number of aliphatic carboxylic acids is 1. The van der Waals surface area contributed by atoms with Crippen molar-refractivity contribution in [1.82, 2.24) is 10.6 Å². The third kappa shape index (κ3) is 2.09. The first-order valence-electron chi connectivity index (χ1n) is 7.18. The number of carbonyl (C=O) groups is 2. The average molecular weight is 266 g/mol. The van der Waals surface area contributed by atoms with Crippen molar-refractivity contribution in [1.29, 1.82) is 0 Å². The molecule has 3 N–H and O–H groups in total. The van der Waals surface area contributed by atoms with E-state index in [0.29, 0.717) is 17.9 Å². The van der Waals surface area contributed by atoms with Gasteiger partial charge in [-0.25, -0.2) is 4.79 Å². The summed E-state index contributed by atoms with van der Waals surface area (Å²) in [6, 6.07) is 0.132. The Morgan fingerprint density at radius 1 is 1.21 bits per heavy atom. The number of carbonyl (C=O) groups excluding carboxylic acids is 1. The van der Waals surface area contributed by atoms with Crippen LogP contribution in [0.1, 0.15) is 33.1 Å². The Morgan fingerprint density at radius 2 is 1.79 bits per heavy atom. The maximum absolute atomic E-state index is 11.8. The number of carboxylic acids is 1. The topological polar surface area (TPSA) is 78.4 Å². The minimum Gasteiger partial charge on any atom is -0.481 e. The lowest BCUT2D eigenvalue weighted by molar-refractivity contribution is -0.146. The summed E-state index contributed by atoms with van der Waals surface area (Å²) in [6.07, 6.45) is 4.02. The van der Waals surface area contributed by atoms with E-state index < -0.39 is 11.4 Å². The molecule has 5 nitrogen and oxygen atoms in total. The molecule has 5 heteroatoms. The van der Waals surface area contributed by atoms with Crippen molar-refractivity contribution in [2.75, 3.05) is 6.54 Å². The van der Waals surface area contributed by atoms with Crippen LogP contribution in [0.5, 0.6) is 0 Å². The number of rotatable bonds is 4. The SMILES string of the molecule is CC(C)(CNC(=O)NC1C2C3CCC(C3)C12)C(=O)O. The molecule has 3 aliphatic carbocycles. The second kappa shape index (κ2) is 4.12. The minimum atomic E-state index is -0.921. The molecule has 3 fully saturated rings. The first kappa shape index (κ1) is 12.8. The third-order valence-electron chi connectivity index (χ3n) is 5.30. The van der Waals surface area contributed by atoms with Crippen molar-refractivity contribution in [3.63, 3.8) is 0 Å². The summed E-state index contributed by atoms with van der Waals surface area (Å²) in [5.74, 6) is 2.18. The van der Waals surface area contributed by atoms with Crippen molar-refractivity contribution >= 4 is 12.0 Å². The summed E-state index contributed by atoms with van der Waals surface area (Å²) in [5.41, 5.74) is -0.921. The monoisotopic (exact) mass is 266 g/mol. The van der Waals surface area contributed by atoms with Crippen molar-refractivity contribution in [2.45, 2.75) is 39.2 Å². The second-order valence-electron chi connectivity index (χ2n) is 7.03. The van der Waals surface area contributed by atoms with E-state index in [-0.39, 0.29) is 12.6 Å². The highest BCUT2D eigenvalue weighted by Crippen LogP contribution is 2.65. The molecule has 0 spiro atoms. The Morgan fingerprint density at radius 3 is 2.32 bits per heavy atom. The molecule has 3 rings (SSSR count). The van der Waals surface area contributed by atoms with Crippen LogP contribution in [0.2, 0.25) is 0 Å². The Kier molecular flexibility index (Phi) is 2.76. The highest BCUT2D eigenvalue weighted by Gasteiger charge is 2.65. The lowest BCUT2D eigenvalue weighted by Crippen LogP contribution is -2.45. The zero-order chi connectivity index (χ0) is 13.8. The smallest absolute Gasteiger partial charge is 0.315 e. The molecule has 0 aromatic heterocycles. The van der Waals surface area contributed by atoms with E-state index in [9.17, 15) is 9.59 Å². The van der Waals surface area contributed by atoms with Gasteiger partial charge in [0.1, 0.15) is 0 Å². The van der Waals surface area contributed by atoms with Gasteiger partial charge >= 0.3 is 12.0 Å². The van der Waals surface area contributed by atoms with E-state index in [1.54, 1.807) is 13.8 Å². The largest absolute Gasteiger partial charge is 0.481 e. The lowest BCUT2D eigenvalue weighted by atomic mass is 9.94. The number of hydrogen-bond acceptors (Lipinski definition) is 2. The third-order valence-corrected chi connectivity index (χ3v) is 5.30. The number of fused-ring (bicyclic) bond motifs is 5. The van der Waals surface area contributed by atoms with Crippen LogP contribution in [0.4, 0.5) is 4.79 Å². The van der Waals surface area contributed by atoms with Gasteiger partial charge in [0.05, 0.1) is 5.41 Å². The molecule has 0 radical (unpaired) electrons. The summed E-state index contributed by atoms with van der Waals surface area (Å²) >= 11 is 0. The fourth-order valence-corrected chi connectivity index (χ4v) is 4.10. The normalized spacial score (nSPS) is 38.7. The number of nitrogens with one attached hydrogen (secondary N) is 2. The predicted octanol–water partition coefficient (Wildman–Crippen LogP) is 1.44. The van der Waals surface area contributed by atoms with Gasteiger partial charge in [-0.1, -0.05) is 0 Å². The van der Waals surface area contributed by atoms with Gasteiger partial charge in [0.2, 0.25) is 0 Å². The molecule has 19 heavy (non-hydrogen) atoms. The molecule has 106 valence electrons. The van der Waals surface area contributed by atoms with Crippen LogP contribution in [-0.4, -0.2) is 29.7 Å². The summed E-state index contributed by atoms with van der Waals surface area (Å²) < 4.78 is 0. The van der Waals surface area contributed by atoms with Crippen LogP contribution in [-0.2, 0) is 4.79 Å². The van der Waals surface area contributed by atoms with Gasteiger partial charge in [0, 0.05) is 12.6 Å². The minimum absolute atomic E-state index is 0.156. The van der Waals surface area contributed by atoms with Crippen molar-refractivity contribution in [3.8, 4) is 0 Å². The Labute approximate surface area is 113 Å². The molecular formula is C14H22N2O3. The molecule has 4 unspecified atom stereocenters. The van der Waals surface area contributed by atoms with E-state index in [4.69, 9.17) is 5.11 Å².